The van der Waals surface area contributed by atoms with Gasteiger partial charge in [-0.2, -0.15) is 0 Å². The Hall–Kier alpha value is -2.82. The molecule has 2 amide bonds. The Labute approximate surface area is 166 Å². The quantitative estimate of drug-likeness (QED) is 0.829. The minimum atomic E-state index is -0.490. The molecule has 5 heteroatoms. The molecule has 0 saturated carbocycles. The van der Waals surface area contributed by atoms with E-state index in [9.17, 15) is 14.7 Å². The van der Waals surface area contributed by atoms with E-state index < -0.39 is 5.41 Å². The topological polar surface area (TPSA) is 69.6 Å². The van der Waals surface area contributed by atoms with Crippen molar-refractivity contribution in [1.29, 1.82) is 0 Å². The number of rotatable bonds is 3. The maximum Gasteiger partial charge on any atom is 0.253 e. The van der Waals surface area contributed by atoms with Crippen LogP contribution in [-0.4, -0.2) is 34.9 Å². The number of phenolic OH excluding ortho intramolecular Hbond substituents is 1. The number of anilines is 1. The highest BCUT2D eigenvalue weighted by molar-refractivity contribution is 5.98. The lowest BCUT2D eigenvalue weighted by molar-refractivity contribution is -0.123. The summed E-state index contributed by atoms with van der Waals surface area (Å²) in [7, 11) is 0. The van der Waals surface area contributed by atoms with Crippen LogP contribution >= 0.6 is 0 Å². The lowest BCUT2D eigenvalue weighted by atomic mass is 9.89. The molecule has 2 aromatic rings. The van der Waals surface area contributed by atoms with Gasteiger partial charge in [-0.05, 0) is 54.7 Å². The molecule has 3 rings (SSSR count). The summed E-state index contributed by atoms with van der Waals surface area (Å²) in [6.45, 7) is 6.96. The van der Waals surface area contributed by atoms with Crippen LogP contribution in [0.2, 0.25) is 0 Å². The van der Waals surface area contributed by atoms with Crippen molar-refractivity contribution in [2.24, 2.45) is 5.41 Å². The fraction of sp³-hybridized carbons (Fsp3) is 0.391. The van der Waals surface area contributed by atoms with Gasteiger partial charge in [-0.15, -0.1) is 0 Å². The highest BCUT2D eigenvalue weighted by atomic mass is 16.3. The van der Waals surface area contributed by atoms with Crippen molar-refractivity contribution in [2.45, 2.75) is 39.5 Å². The van der Waals surface area contributed by atoms with Crippen molar-refractivity contribution in [2.75, 3.05) is 18.4 Å². The normalized spacial score (nSPS) is 15.3. The average molecular weight is 380 g/mol. The van der Waals surface area contributed by atoms with Gasteiger partial charge < -0.3 is 15.3 Å². The largest absolute Gasteiger partial charge is 0.508 e. The summed E-state index contributed by atoms with van der Waals surface area (Å²) in [5.74, 6) is 0.597. The number of carbonyl (C=O) groups excluding carboxylic acids is 2. The molecule has 0 aromatic heterocycles. The number of carbonyl (C=O) groups is 2. The van der Waals surface area contributed by atoms with Crippen molar-refractivity contribution >= 4 is 17.5 Å². The molecule has 1 saturated heterocycles. The van der Waals surface area contributed by atoms with Gasteiger partial charge in [0, 0.05) is 29.8 Å². The van der Waals surface area contributed by atoms with Crippen LogP contribution < -0.4 is 5.32 Å². The second-order valence-electron chi connectivity index (χ2n) is 8.44. The summed E-state index contributed by atoms with van der Waals surface area (Å²) < 4.78 is 0. The zero-order valence-electron chi connectivity index (χ0n) is 16.7. The van der Waals surface area contributed by atoms with E-state index in [0.29, 0.717) is 30.3 Å². The maximum absolute atomic E-state index is 12.9. The Bertz CT molecular complexity index is 845. The predicted molar refractivity (Wildman–Crippen MR) is 111 cm³/mol. The molecule has 2 N–H and O–H groups in total. The Morgan fingerprint density at radius 2 is 1.68 bits per heavy atom. The van der Waals surface area contributed by atoms with Crippen molar-refractivity contribution in [3.63, 3.8) is 0 Å². The molecule has 1 aliphatic rings. The molecule has 1 fully saturated rings. The molecular weight excluding hydrogens is 352 g/mol. The number of likely N-dealkylation sites (tertiary alicyclic amines) is 1. The first-order chi connectivity index (χ1) is 13.2. The van der Waals surface area contributed by atoms with E-state index in [2.05, 4.69) is 5.32 Å². The summed E-state index contributed by atoms with van der Waals surface area (Å²) in [5.41, 5.74) is 1.95. The van der Waals surface area contributed by atoms with Gasteiger partial charge in [-0.25, -0.2) is 0 Å². The fourth-order valence-electron chi connectivity index (χ4n) is 3.39. The summed E-state index contributed by atoms with van der Waals surface area (Å²) in [5, 5.41) is 12.3. The molecule has 2 aromatic carbocycles. The van der Waals surface area contributed by atoms with E-state index in [1.54, 1.807) is 36.4 Å². The lowest BCUT2D eigenvalue weighted by Gasteiger charge is -2.32. The third-order valence-electron chi connectivity index (χ3n) is 5.20. The van der Waals surface area contributed by atoms with Gasteiger partial charge in [0.25, 0.3) is 5.91 Å². The molecule has 5 nitrogen and oxygen atoms in total. The number of amides is 2. The number of nitrogens with one attached hydrogen (secondary N) is 1. The van der Waals surface area contributed by atoms with Crippen LogP contribution in [0, 0.1) is 5.41 Å². The molecule has 0 spiro atoms. The van der Waals surface area contributed by atoms with Crippen LogP contribution in [0.4, 0.5) is 5.69 Å². The molecule has 0 unspecified atom stereocenters. The van der Waals surface area contributed by atoms with Crippen LogP contribution in [0.3, 0.4) is 0 Å². The summed E-state index contributed by atoms with van der Waals surface area (Å²) >= 11 is 0. The van der Waals surface area contributed by atoms with Crippen molar-refractivity contribution in [1.82, 2.24) is 4.90 Å². The van der Waals surface area contributed by atoms with Gasteiger partial charge in [-0.1, -0.05) is 39.0 Å². The SMILES string of the molecule is CC(C)(C)C(=O)Nc1cccc(C(=O)N2CCC(c3ccc(O)cc3)CC2)c1. The Kier molecular flexibility index (Phi) is 5.73. The summed E-state index contributed by atoms with van der Waals surface area (Å²) in [6, 6.07) is 14.5. The van der Waals surface area contributed by atoms with Crippen LogP contribution in [0.5, 0.6) is 5.75 Å². The molecule has 0 radical (unpaired) electrons. The molecule has 0 bridgehead atoms. The summed E-state index contributed by atoms with van der Waals surface area (Å²) in [4.78, 5) is 27.0. The van der Waals surface area contributed by atoms with Gasteiger partial charge in [-0.3, -0.25) is 9.59 Å². The zero-order valence-corrected chi connectivity index (χ0v) is 16.7. The number of aromatic hydroxyl groups is 1. The first kappa shape index (κ1) is 19.9. The van der Waals surface area contributed by atoms with Crippen LogP contribution in [0.1, 0.15) is 55.5 Å². The van der Waals surface area contributed by atoms with Gasteiger partial charge >= 0.3 is 0 Å². The lowest BCUT2D eigenvalue weighted by Crippen LogP contribution is -2.38. The standard InChI is InChI=1S/C23H28N2O3/c1-23(2,3)22(28)24-19-6-4-5-18(15-19)21(27)25-13-11-17(12-14-25)16-7-9-20(26)10-8-16/h4-10,15,17,26H,11-14H2,1-3H3,(H,24,28). The second-order valence-corrected chi connectivity index (χ2v) is 8.44. The van der Waals surface area contributed by atoms with E-state index in [4.69, 9.17) is 0 Å². The number of piperidine rings is 1. The number of hydrogen-bond acceptors (Lipinski definition) is 3. The molecule has 148 valence electrons. The van der Waals surface area contributed by atoms with Gasteiger partial charge in [0.05, 0.1) is 0 Å². The highest BCUT2D eigenvalue weighted by Gasteiger charge is 2.25. The van der Waals surface area contributed by atoms with E-state index in [-0.39, 0.29) is 17.6 Å². The molecule has 1 heterocycles. The third-order valence-corrected chi connectivity index (χ3v) is 5.20. The molecule has 28 heavy (non-hydrogen) atoms. The highest BCUT2D eigenvalue weighted by Crippen LogP contribution is 2.30. The van der Waals surface area contributed by atoms with Gasteiger partial charge in [0.15, 0.2) is 0 Å². The maximum atomic E-state index is 12.9. The predicted octanol–water partition coefficient (Wildman–Crippen LogP) is 4.40. The average Bonchev–Trinajstić information content (AvgIpc) is 2.68. The minimum Gasteiger partial charge on any atom is -0.508 e. The first-order valence-corrected chi connectivity index (χ1v) is 9.74. The van der Waals surface area contributed by atoms with Crippen LogP contribution in [0.25, 0.3) is 0 Å². The van der Waals surface area contributed by atoms with Crippen molar-refractivity contribution in [3.05, 3.63) is 59.7 Å². The van der Waals surface area contributed by atoms with E-state index in [0.717, 1.165) is 12.8 Å². The number of benzene rings is 2. The minimum absolute atomic E-state index is 0.00369. The fourth-order valence-corrected chi connectivity index (χ4v) is 3.39. The number of phenols is 1. The van der Waals surface area contributed by atoms with Crippen LogP contribution in [0.15, 0.2) is 48.5 Å². The molecular formula is C23H28N2O3. The first-order valence-electron chi connectivity index (χ1n) is 9.74. The Morgan fingerprint density at radius 3 is 2.29 bits per heavy atom. The van der Waals surface area contributed by atoms with Crippen LogP contribution in [-0.2, 0) is 4.79 Å². The van der Waals surface area contributed by atoms with E-state index in [1.165, 1.54) is 5.56 Å². The Balaban J connectivity index is 1.63. The number of hydrogen-bond donors (Lipinski definition) is 2. The van der Waals surface area contributed by atoms with E-state index >= 15 is 0 Å². The zero-order chi connectivity index (χ0) is 20.3. The van der Waals surface area contributed by atoms with Gasteiger partial charge in [0.1, 0.15) is 5.75 Å². The smallest absolute Gasteiger partial charge is 0.253 e. The molecule has 1 aliphatic heterocycles. The van der Waals surface area contributed by atoms with E-state index in [1.807, 2.05) is 37.8 Å². The van der Waals surface area contributed by atoms with Crippen molar-refractivity contribution < 1.29 is 14.7 Å². The monoisotopic (exact) mass is 380 g/mol. The Morgan fingerprint density at radius 1 is 1.04 bits per heavy atom. The third kappa shape index (κ3) is 4.71. The molecule has 0 atom stereocenters. The summed E-state index contributed by atoms with van der Waals surface area (Å²) in [6.07, 6.45) is 1.80. The second kappa shape index (κ2) is 8.05. The molecule has 0 aliphatic carbocycles. The van der Waals surface area contributed by atoms with Crippen molar-refractivity contribution in [3.8, 4) is 5.75 Å². The number of nitrogens with zero attached hydrogens (tertiary/aromatic N) is 1. The van der Waals surface area contributed by atoms with Gasteiger partial charge in [0.2, 0.25) is 5.91 Å².